The molecule has 48 heavy (non-hydrogen) atoms. The number of carbonyl (C=O) groups is 2. The van der Waals surface area contributed by atoms with Crippen molar-refractivity contribution < 1.29 is 9.59 Å². The summed E-state index contributed by atoms with van der Waals surface area (Å²) in [4.78, 5) is 59.9. The Hall–Kier alpha value is -5.18. The van der Waals surface area contributed by atoms with Crippen LogP contribution in [0.4, 0.5) is 0 Å². The average molecular weight is 669 g/mol. The van der Waals surface area contributed by atoms with Crippen LogP contribution >= 0.6 is 23.5 Å². The highest BCUT2D eigenvalue weighted by Gasteiger charge is 2.35. The van der Waals surface area contributed by atoms with E-state index in [9.17, 15) is 19.2 Å². The molecular formula is C40H32N2O4S2. The Bertz CT molecular complexity index is 2370. The number of H-pyrrole nitrogens is 2. The van der Waals surface area contributed by atoms with Crippen molar-refractivity contribution in [2.45, 2.75) is 37.5 Å². The number of aromatic amines is 2. The van der Waals surface area contributed by atoms with Crippen molar-refractivity contribution >= 4 is 78.7 Å². The fraction of sp³-hybridized carbons (Fsp3) is 0.100. The minimum Gasteiger partial charge on any atom is -0.354 e. The summed E-state index contributed by atoms with van der Waals surface area (Å²) in [7, 11) is 0. The molecule has 2 aromatic heterocycles. The zero-order valence-electron chi connectivity index (χ0n) is 26.8. The monoisotopic (exact) mass is 668 g/mol. The van der Waals surface area contributed by atoms with Crippen molar-refractivity contribution in [2.24, 2.45) is 0 Å². The molecule has 0 saturated heterocycles. The number of allylic oxidation sites excluding steroid dienone is 2. The third-order valence-electron chi connectivity index (χ3n) is 7.84. The first-order chi connectivity index (χ1) is 23.5. The van der Waals surface area contributed by atoms with Gasteiger partial charge < -0.3 is 9.97 Å². The van der Waals surface area contributed by atoms with Gasteiger partial charge in [0.2, 0.25) is 11.6 Å². The summed E-state index contributed by atoms with van der Waals surface area (Å²) in [6, 6.07) is 33.3. The molecule has 0 fully saturated rings. The Balaban J connectivity index is 0.000000154. The van der Waals surface area contributed by atoms with Gasteiger partial charge in [0.05, 0.1) is 20.8 Å². The molecule has 0 amide bonds. The van der Waals surface area contributed by atoms with E-state index in [1.54, 1.807) is 24.3 Å². The first-order valence-electron chi connectivity index (χ1n) is 15.8. The number of aromatic nitrogens is 2. The fourth-order valence-corrected chi connectivity index (χ4v) is 7.99. The van der Waals surface area contributed by atoms with Gasteiger partial charge in [0, 0.05) is 53.5 Å². The van der Waals surface area contributed by atoms with Gasteiger partial charge in [-0.1, -0.05) is 99.7 Å². The lowest BCUT2D eigenvalue weighted by Gasteiger charge is -2.06. The van der Waals surface area contributed by atoms with Crippen LogP contribution in [0.2, 0.25) is 0 Å². The molecule has 238 valence electrons. The van der Waals surface area contributed by atoms with Crippen molar-refractivity contribution in [1.29, 1.82) is 0 Å². The third kappa shape index (κ3) is 5.67. The van der Waals surface area contributed by atoms with Gasteiger partial charge in [-0.25, -0.2) is 0 Å². The summed E-state index contributed by atoms with van der Waals surface area (Å²) >= 11 is 2.81. The van der Waals surface area contributed by atoms with E-state index in [0.717, 1.165) is 20.8 Å². The molecule has 0 aliphatic carbocycles. The summed E-state index contributed by atoms with van der Waals surface area (Å²) in [6.07, 6.45) is 0. The Kier molecular flexibility index (Phi) is 9.48. The number of benzene rings is 5. The highest BCUT2D eigenvalue weighted by molar-refractivity contribution is 8.08. The Morgan fingerprint density at radius 3 is 1.17 bits per heavy atom. The van der Waals surface area contributed by atoms with E-state index in [2.05, 4.69) is 9.97 Å². The number of hydrogen-bond donors (Lipinski definition) is 2. The van der Waals surface area contributed by atoms with E-state index in [0.29, 0.717) is 53.5 Å². The first kappa shape index (κ1) is 32.7. The van der Waals surface area contributed by atoms with Crippen LogP contribution in [-0.2, 0) is 0 Å². The molecular weight excluding hydrogens is 637 g/mol. The predicted molar refractivity (Wildman–Crippen MR) is 201 cm³/mol. The minimum atomic E-state index is -0.0331. The summed E-state index contributed by atoms with van der Waals surface area (Å²) in [5.41, 5.74) is 4.22. The van der Waals surface area contributed by atoms with Gasteiger partial charge in [-0.2, -0.15) is 0 Å². The molecule has 0 saturated carbocycles. The highest BCUT2D eigenvalue weighted by atomic mass is 32.2. The highest BCUT2D eigenvalue weighted by Crippen LogP contribution is 2.49. The van der Waals surface area contributed by atoms with Crippen molar-refractivity contribution in [3.63, 3.8) is 0 Å². The number of Topliss-reactive ketones (excluding diaryl/α,β-unsaturated/α-hetero) is 2. The molecule has 9 rings (SSSR count). The lowest BCUT2D eigenvalue weighted by molar-refractivity contribution is 0.101. The summed E-state index contributed by atoms with van der Waals surface area (Å²) < 4.78 is 0. The molecule has 2 N–H and O–H groups in total. The van der Waals surface area contributed by atoms with Gasteiger partial charge >= 0.3 is 0 Å². The maximum atomic E-state index is 12.8. The van der Waals surface area contributed by atoms with E-state index in [1.165, 1.54) is 23.5 Å². The Morgan fingerprint density at radius 1 is 0.417 bits per heavy atom. The second-order valence-electron chi connectivity index (χ2n) is 10.5. The Labute approximate surface area is 285 Å². The third-order valence-corrected chi connectivity index (χ3v) is 10.3. The van der Waals surface area contributed by atoms with Gasteiger partial charge in [-0.05, 0) is 60.7 Å². The van der Waals surface area contributed by atoms with Gasteiger partial charge in [0.15, 0.2) is 10.9 Å². The quantitative estimate of drug-likeness (QED) is 0.123. The molecule has 0 unspecified atom stereocenters. The smallest absolute Gasteiger partial charge is 0.202 e. The largest absolute Gasteiger partial charge is 0.354 e. The van der Waals surface area contributed by atoms with Gasteiger partial charge in [-0.15, -0.1) is 0 Å². The summed E-state index contributed by atoms with van der Waals surface area (Å²) in [5.74, 6) is -0.0662. The van der Waals surface area contributed by atoms with E-state index < -0.39 is 0 Å². The van der Waals surface area contributed by atoms with Crippen LogP contribution in [-0.4, -0.2) is 21.5 Å². The topological polar surface area (TPSA) is 99.9 Å². The number of rotatable bonds is 0. The van der Waals surface area contributed by atoms with E-state index in [1.807, 2.05) is 113 Å². The SMILES string of the molecule is CC.CC.O=C1/C(=C2\Sc3ccccc3C2=O)Sc2ccccc21.O=c1c2ccccc2[nH]c2cc3c(=O)c4ccccc4[nH]c3cc12. The van der Waals surface area contributed by atoms with Crippen molar-refractivity contribution in [2.75, 3.05) is 0 Å². The van der Waals surface area contributed by atoms with E-state index in [4.69, 9.17) is 0 Å². The van der Waals surface area contributed by atoms with Gasteiger partial charge in [-0.3, -0.25) is 19.2 Å². The lowest BCUT2D eigenvalue weighted by atomic mass is 10.1. The van der Waals surface area contributed by atoms with Crippen LogP contribution in [0.3, 0.4) is 0 Å². The standard InChI is InChI=1S/C20H12N2O2.C16H8O2S2.2C2H6/c23-19-11-5-1-3-7-15(11)21-17-10-14-18(9-13(17)19)22-16-8-4-2-6-12(16)20(14)24;17-13-9-5-1-3-7-11(9)19-15(13)16-14(18)10-6-2-4-8-12(10)20-16;2*1-2/h1-10H,(H,21,23)(H,22,24);1-8H;2*1-2H3/b;16-15+;;. The number of thioether (sulfide) groups is 2. The maximum Gasteiger partial charge on any atom is 0.202 e. The first-order valence-corrected chi connectivity index (χ1v) is 17.5. The molecule has 0 radical (unpaired) electrons. The average Bonchev–Trinajstić information content (AvgIpc) is 3.66. The van der Waals surface area contributed by atoms with E-state index in [-0.39, 0.29) is 22.4 Å². The molecule has 5 aromatic carbocycles. The van der Waals surface area contributed by atoms with Crippen LogP contribution in [0, 0.1) is 0 Å². The van der Waals surface area contributed by atoms with Crippen LogP contribution in [0.25, 0.3) is 43.6 Å². The number of fused-ring (bicyclic) bond motifs is 6. The molecule has 0 spiro atoms. The molecule has 2 aliphatic rings. The number of hydrogen-bond acceptors (Lipinski definition) is 6. The van der Waals surface area contributed by atoms with Crippen LogP contribution in [0.1, 0.15) is 48.4 Å². The number of para-hydroxylation sites is 2. The second-order valence-corrected chi connectivity index (χ2v) is 12.6. The molecule has 6 nitrogen and oxygen atoms in total. The summed E-state index contributed by atoms with van der Waals surface area (Å²) in [6.45, 7) is 8.00. The Morgan fingerprint density at radius 2 is 0.771 bits per heavy atom. The summed E-state index contributed by atoms with van der Waals surface area (Å²) in [5, 5.41) is 2.44. The van der Waals surface area contributed by atoms with E-state index >= 15 is 0 Å². The van der Waals surface area contributed by atoms with Crippen LogP contribution in [0.15, 0.2) is 138 Å². The normalized spacial score (nSPS) is 14.5. The molecule has 8 heteroatoms. The minimum absolute atomic E-state index is 0.0322. The van der Waals surface area contributed by atoms with Crippen molar-refractivity contribution in [3.05, 3.63) is 151 Å². The van der Waals surface area contributed by atoms with Crippen LogP contribution in [0.5, 0.6) is 0 Å². The number of nitrogens with one attached hydrogen (secondary N) is 2. The predicted octanol–water partition coefficient (Wildman–Crippen LogP) is 9.90. The molecule has 2 aliphatic heterocycles. The molecule has 0 bridgehead atoms. The van der Waals surface area contributed by atoms with Gasteiger partial charge in [0.25, 0.3) is 0 Å². The zero-order chi connectivity index (χ0) is 33.9. The number of carbonyl (C=O) groups excluding carboxylic acids is 2. The van der Waals surface area contributed by atoms with Gasteiger partial charge in [0.1, 0.15) is 0 Å². The lowest BCUT2D eigenvalue weighted by Crippen LogP contribution is -2.08. The molecule has 7 aromatic rings. The number of pyridine rings is 2. The maximum absolute atomic E-state index is 12.8. The fourth-order valence-electron chi connectivity index (χ4n) is 5.69. The zero-order valence-corrected chi connectivity index (χ0v) is 28.5. The molecule has 4 heterocycles. The van der Waals surface area contributed by atoms with Crippen molar-refractivity contribution in [3.8, 4) is 0 Å². The second kappa shape index (κ2) is 13.9. The van der Waals surface area contributed by atoms with Crippen LogP contribution < -0.4 is 10.9 Å². The number of ketones is 2. The van der Waals surface area contributed by atoms with Crippen molar-refractivity contribution in [1.82, 2.24) is 9.97 Å². The molecule has 0 atom stereocenters.